The number of rotatable bonds is 5. The number of benzene rings is 1. The number of amides is 2. The van der Waals surface area contributed by atoms with Crippen molar-refractivity contribution in [3.05, 3.63) is 68.1 Å². The molecular weight excluding hydrogens is 584 g/mol. The van der Waals surface area contributed by atoms with Gasteiger partial charge in [0.05, 0.1) is 29.2 Å². The lowest BCUT2D eigenvalue weighted by atomic mass is 9.80. The molecule has 4 rings (SSSR count). The maximum Gasteiger partial charge on any atom is 0.410 e. The van der Waals surface area contributed by atoms with Crippen LogP contribution in [-0.2, 0) is 16.1 Å². The third kappa shape index (κ3) is 6.47. The van der Waals surface area contributed by atoms with Crippen LogP contribution in [-0.4, -0.2) is 44.0 Å². The minimum atomic E-state index is -0.739. The van der Waals surface area contributed by atoms with Gasteiger partial charge >= 0.3 is 6.09 Å². The SMILES string of the molecule is CC(C)(C)OC(=O)N(Cc1cnc2cc(-c3cccc(Br)c3Cl)ccn2c1=O)[C@H]([C@@H]1CCC(=O)N1)C(C)(C)C. The van der Waals surface area contributed by atoms with Crippen LogP contribution in [0.4, 0.5) is 4.79 Å². The molecule has 1 aromatic carbocycles. The number of aromatic nitrogens is 2. The quantitative estimate of drug-likeness (QED) is 0.368. The summed E-state index contributed by atoms with van der Waals surface area (Å²) in [4.78, 5) is 45.4. The lowest BCUT2D eigenvalue weighted by molar-refractivity contribution is -0.119. The van der Waals surface area contributed by atoms with E-state index in [1.54, 1.807) is 37.9 Å². The molecule has 3 heterocycles. The van der Waals surface area contributed by atoms with Crippen LogP contribution < -0.4 is 10.9 Å². The van der Waals surface area contributed by atoms with Crippen LogP contribution in [0, 0.1) is 5.41 Å². The molecule has 208 valence electrons. The molecule has 1 fully saturated rings. The first-order valence-electron chi connectivity index (χ1n) is 12.9. The van der Waals surface area contributed by atoms with Gasteiger partial charge in [-0.25, -0.2) is 9.78 Å². The van der Waals surface area contributed by atoms with Crippen LogP contribution in [0.2, 0.25) is 5.02 Å². The topological polar surface area (TPSA) is 93.0 Å². The number of nitrogens with one attached hydrogen (secondary N) is 1. The molecule has 0 bridgehead atoms. The fourth-order valence-electron chi connectivity index (χ4n) is 5.06. The minimum Gasteiger partial charge on any atom is -0.444 e. The lowest BCUT2D eigenvalue weighted by Gasteiger charge is -2.43. The second kappa shape index (κ2) is 10.9. The third-order valence-electron chi connectivity index (χ3n) is 6.65. The lowest BCUT2D eigenvalue weighted by Crippen LogP contribution is -2.57. The average Bonchev–Trinajstić information content (AvgIpc) is 3.25. The molecule has 2 aromatic heterocycles. The van der Waals surface area contributed by atoms with Crippen molar-refractivity contribution in [1.82, 2.24) is 19.6 Å². The Labute approximate surface area is 241 Å². The van der Waals surface area contributed by atoms with E-state index in [2.05, 4.69) is 26.2 Å². The second-order valence-corrected chi connectivity index (χ2v) is 13.2. The summed E-state index contributed by atoms with van der Waals surface area (Å²) in [5.41, 5.74) is 0.982. The summed E-state index contributed by atoms with van der Waals surface area (Å²) in [7, 11) is 0. The number of carbonyl (C=O) groups excluding carboxylic acids is 2. The van der Waals surface area contributed by atoms with Gasteiger partial charge in [-0.1, -0.05) is 44.5 Å². The van der Waals surface area contributed by atoms with Gasteiger partial charge in [0.25, 0.3) is 5.56 Å². The van der Waals surface area contributed by atoms with Gasteiger partial charge in [-0.05, 0) is 72.3 Å². The number of pyridine rings is 1. The number of nitrogens with zero attached hydrogens (tertiary/aromatic N) is 3. The van der Waals surface area contributed by atoms with Gasteiger partial charge < -0.3 is 10.1 Å². The van der Waals surface area contributed by atoms with Crippen LogP contribution in [0.25, 0.3) is 16.8 Å². The van der Waals surface area contributed by atoms with E-state index in [-0.39, 0.29) is 24.1 Å². The second-order valence-electron chi connectivity index (χ2n) is 12.0. The van der Waals surface area contributed by atoms with E-state index in [1.807, 2.05) is 45.0 Å². The smallest absolute Gasteiger partial charge is 0.410 e. The highest BCUT2D eigenvalue weighted by Crippen LogP contribution is 2.35. The van der Waals surface area contributed by atoms with Crippen molar-refractivity contribution >= 4 is 45.2 Å². The summed E-state index contributed by atoms with van der Waals surface area (Å²) in [5, 5.41) is 3.59. The molecule has 0 aliphatic carbocycles. The number of carbonyl (C=O) groups is 2. The molecule has 0 unspecified atom stereocenters. The summed E-state index contributed by atoms with van der Waals surface area (Å²) in [6.45, 7) is 11.4. The summed E-state index contributed by atoms with van der Waals surface area (Å²) < 4.78 is 8.01. The predicted molar refractivity (Wildman–Crippen MR) is 156 cm³/mol. The summed E-state index contributed by atoms with van der Waals surface area (Å²) >= 11 is 9.94. The highest BCUT2D eigenvalue weighted by Gasteiger charge is 2.43. The fourth-order valence-corrected chi connectivity index (χ4v) is 5.66. The van der Waals surface area contributed by atoms with E-state index in [0.29, 0.717) is 29.1 Å². The van der Waals surface area contributed by atoms with E-state index in [4.69, 9.17) is 16.3 Å². The van der Waals surface area contributed by atoms with Crippen molar-refractivity contribution in [2.24, 2.45) is 5.41 Å². The number of halogens is 2. The van der Waals surface area contributed by atoms with Crippen LogP contribution in [0.3, 0.4) is 0 Å². The Hall–Kier alpha value is -2.91. The van der Waals surface area contributed by atoms with E-state index in [0.717, 1.165) is 15.6 Å². The zero-order valence-electron chi connectivity index (χ0n) is 23.0. The monoisotopic (exact) mass is 616 g/mol. The molecule has 0 radical (unpaired) electrons. The van der Waals surface area contributed by atoms with Crippen LogP contribution in [0.1, 0.15) is 59.9 Å². The first-order chi connectivity index (χ1) is 18.2. The van der Waals surface area contributed by atoms with Gasteiger partial charge in [-0.15, -0.1) is 0 Å². The van der Waals surface area contributed by atoms with Crippen molar-refractivity contribution in [3.63, 3.8) is 0 Å². The Morgan fingerprint density at radius 1 is 1.23 bits per heavy atom. The van der Waals surface area contributed by atoms with Crippen LogP contribution >= 0.6 is 27.5 Å². The molecule has 2 amide bonds. The molecule has 0 saturated carbocycles. The third-order valence-corrected chi connectivity index (χ3v) is 7.94. The molecule has 1 N–H and O–H groups in total. The van der Waals surface area contributed by atoms with Crippen molar-refractivity contribution in [2.75, 3.05) is 0 Å². The van der Waals surface area contributed by atoms with Crippen molar-refractivity contribution < 1.29 is 14.3 Å². The Balaban J connectivity index is 1.75. The first kappa shape index (κ1) is 29.1. The number of hydrogen-bond acceptors (Lipinski definition) is 5. The van der Waals surface area contributed by atoms with E-state index in [9.17, 15) is 14.4 Å². The van der Waals surface area contributed by atoms with Crippen molar-refractivity contribution in [1.29, 1.82) is 0 Å². The Morgan fingerprint density at radius 3 is 2.56 bits per heavy atom. The van der Waals surface area contributed by atoms with Gasteiger partial charge in [0.2, 0.25) is 5.91 Å². The predicted octanol–water partition coefficient (Wildman–Crippen LogP) is 6.21. The number of fused-ring (bicyclic) bond motifs is 1. The Morgan fingerprint density at radius 2 is 1.95 bits per heavy atom. The normalized spacial score (nSPS) is 16.7. The fraction of sp³-hybridized carbons (Fsp3) is 0.448. The van der Waals surface area contributed by atoms with Gasteiger partial charge in [0.15, 0.2) is 0 Å². The number of ether oxygens (including phenoxy) is 1. The highest BCUT2D eigenvalue weighted by atomic mass is 79.9. The molecule has 1 aliphatic rings. The Kier molecular flexibility index (Phi) is 8.15. The number of hydrogen-bond donors (Lipinski definition) is 1. The average molecular weight is 618 g/mol. The molecule has 1 aliphatic heterocycles. The molecule has 10 heteroatoms. The van der Waals surface area contributed by atoms with Crippen molar-refractivity contribution in [3.8, 4) is 11.1 Å². The van der Waals surface area contributed by atoms with Gasteiger partial charge in [-0.2, -0.15) is 0 Å². The van der Waals surface area contributed by atoms with E-state index in [1.165, 1.54) is 10.6 Å². The molecule has 3 aromatic rings. The molecular formula is C29H34BrClN4O4. The summed E-state index contributed by atoms with van der Waals surface area (Å²) in [6, 6.07) is 8.58. The van der Waals surface area contributed by atoms with Crippen molar-refractivity contribution in [2.45, 2.75) is 78.6 Å². The largest absolute Gasteiger partial charge is 0.444 e. The molecule has 2 atom stereocenters. The van der Waals surface area contributed by atoms with Gasteiger partial charge in [0, 0.05) is 28.9 Å². The first-order valence-corrected chi connectivity index (χ1v) is 14.1. The standard InChI is InChI=1S/C29H34BrClN4O4/c1-28(2,3)25(21-10-11-23(36)33-21)35(27(38)39-29(4,5)6)16-18-15-32-22-14-17(12-13-34(22)26(18)37)19-8-7-9-20(30)24(19)31/h7-9,12-15,21,25H,10-11,16H2,1-6H3,(H,33,36)/t21-,25+/m0/s1. The van der Waals surface area contributed by atoms with E-state index >= 15 is 0 Å². The maximum absolute atomic E-state index is 13.6. The summed E-state index contributed by atoms with van der Waals surface area (Å²) in [6.07, 6.45) is 3.61. The Bertz CT molecular complexity index is 1470. The molecule has 1 saturated heterocycles. The summed E-state index contributed by atoms with van der Waals surface area (Å²) in [5.74, 6) is -0.0489. The highest BCUT2D eigenvalue weighted by molar-refractivity contribution is 9.10. The molecule has 39 heavy (non-hydrogen) atoms. The minimum absolute atomic E-state index is 0.0167. The van der Waals surface area contributed by atoms with E-state index < -0.39 is 23.2 Å². The van der Waals surface area contributed by atoms with Gasteiger partial charge in [-0.3, -0.25) is 18.9 Å². The maximum atomic E-state index is 13.6. The molecule has 0 spiro atoms. The van der Waals surface area contributed by atoms with Crippen LogP contribution in [0.15, 0.2) is 52.0 Å². The van der Waals surface area contributed by atoms with Gasteiger partial charge in [0.1, 0.15) is 11.2 Å². The van der Waals surface area contributed by atoms with Crippen LogP contribution in [0.5, 0.6) is 0 Å². The molecule has 8 nitrogen and oxygen atoms in total. The zero-order valence-corrected chi connectivity index (χ0v) is 25.4. The zero-order chi connectivity index (χ0) is 28.7.